The average Bonchev–Trinajstić information content (AvgIpc) is 2.89. The van der Waals surface area contributed by atoms with Crippen LogP contribution in [0.5, 0.6) is 0 Å². The summed E-state index contributed by atoms with van der Waals surface area (Å²) >= 11 is 0. The van der Waals surface area contributed by atoms with Crippen LogP contribution in [-0.4, -0.2) is 29.3 Å². The van der Waals surface area contributed by atoms with Crippen molar-refractivity contribution in [3.63, 3.8) is 0 Å². The van der Waals surface area contributed by atoms with Gasteiger partial charge >= 0.3 is 5.97 Å². The van der Waals surface area contributed by atoms with Gasteiger partial charge in [0.05, 0.1) is 18.3 Å². The van der Waals surface area contributed by atoms with Gasteiger partial charge in [0.25, 0.3) is 0 Å². The Morgan fingerprint density at radius 2 is 2.19 bits per heavy atom. The van der Waals surface area contributed by atoms with E-state index in [1.807, 2.05) is 13.0 Å². The van der Waals surface area contributed by atoms with E-state index in [1.54, 1.807) is 0 Å². The van der Waals surface area contributed by atoms with Crippen LogP contribution < -0.4 is 0 Å². The lowest BCUT2D eigenvalue weighted by molar-refractivity contribution is -0.233. The highest BCUT2D eigenvalue weighted by Gasteiger charge is 2.70. The third-order valence-electron chi connectivity index (χ3n) is 7.56. The van der Waals surface area contributed by atoms with Crippen molar-refractivity contribution in [2.45, 2.75) is 63.1 Å². The number of hydrogen-bond donors (Lipinski definition) is 0. The lowest BCUT2D eigenvalue weighted by Gasteiger charge is -2.60. The molecule has 2 aliphatic heterocycles. The van der Waals surface area contributed by atoms with Crippen LogP contribution in [0.3, 0.4) is 0 Å². The van der Waals surface area contributed by atoms with Gasteiger partial charge in [0.1, 0.15) is 0 Å². The number of carbonyl (C=O) groups is 1. The average molecular weight is 353 g/mol. The van der Waals surface area contributed by atoms with Gasteiger partial charge in [0.15, 0.2) is 0 Å². The highest BCUT2D eigenvalue weighted by atomic mass is 16.5. The zero-order valence-corrected chi connectivity index (χ0v) is 15.8. The second-order valence-corrected chi connectivity index (χ2v) is 8.82. The van der Waals surface area contributed by atoms with E-state index >= 15 is 0 Å². The Labute approximate surface area is 155 Å². The van der Waals surface area contributed by atoms with Crippen LogP contribution in [0.1, 0.15) is 56.3 Å². The molecule has 1 aromatic heterocycles. The number of carbonyl (C=O) groups excluding carboxylic acids is 1. The maximum Gasteiger partial charge on any atom is 0.333 e. The molecule has 5 aliphatic rings. The maximum absolute atomic E-state index is 12.6. The van der Waals surface area contributed by atoms with Crippen molar-refractivity contribution in [2.24, 2.45) is 17.8 Å². The smallest absolute Gasteiger partial charge is 0.333 e. The molecule has 3 aliphatic carbocycles. The fourth-order valence-corrected chi connectivity index (χ4v) is 6.70. The van der Waals surface area contributed by atoms with Crippen molar-refractivity contribution in [1.29, 1.82) is 0 Å². The number of ether oxygens (including phenoxy) is 2. The zero-order valence-electron chi connectivity index (χ0n) is 15.8. The molecule has 0 radical (unpaired) electrons. The number of methoxy groups -OCH3 is 1. The zero-order chi connectivity index (χ0) is 18.1. The first-order valence-electron chi connectivity index (χ1n) is 9.93. The Kier molecular flexibility index (Phi) is 3.43. The monoisotopic (exact) mass is 353 g/mol. The van der Waals surface area contributed by atoms with E-state index in [1.165, 1.54) is 26.4 Å². The first-order valence-corrected chi connectivity index (χ1v) is 9.93. The van der Waals surface area contributed by atoms with E-state index in [0.29, 0.717) is 11.8 Å². The third kappa shape index (κ3) is 1.99. The van der Waals surface area contributed by atoms with Crippen molar-refractivity contribution in [2.75, 3.05) is 7.11 Å². The summed E-state index contributed by atoms with van der Waals surface area (Å²) < 4.78 is 12.1. The van der Waals surface area contributed by atoms with Crippen molar-refractivity contribution in [3.8, 4) is 0 Å². The molecule has 1 spiro atoms. The normalized spacial score (nSPS) is 43.0. The quantitative estimate of drug-likeness (QED) is 0.756. The van der Waals surface area contributed by atoms with Crippen LogP contribution in [-0.2, 0) is 14.3 Å². The minimum atomic E-state index is -0.377. The van der Waals surface area contributed by atoms with Crippen LogP contribution in [0.15, 0.2) is 29.8 Å². The van der Waals surface area contributed by atoms with E-state index in [4.69, 9.17) is 14.5 Å². The third-order valence-corrected chi connectivity index (χ3v) is 7.56. The van der Waals surface area contributed by atoms with Gasteiger partial charge in [-0.15, -0.1) is 0 Å². The molecule has 1 aromatic rings. The molecule has 3 heterocycles. The summed E-state index contributed by atoms with van der Waals surface area (Å²) in [6.07, 6.45) is 7.86. The summed E-state index contributed by atoms with van der Waals surface area (Å²) in [6, 6.07) is 6.26. The molecule has 5 unspecified atom stereocenters. The van der Waals surface area contributed by atoms with E-state index in [0.717, 1.165) is 29.8 Å². The van der Waals surface area contributed by atoms with Gasteiger partial charge in [0, 0.05) is 28.8 Å². The van der Waals surface area contributed by atoms with Gasteiger partial charge in [0.2, 0.25) is 0 Å². The van der Waals surface area contributed by atoms with Gasteiger partial charge in [-0.05, 0) is 63.2 Å². The van der Waals surface area contributed by atoms with Crippen molar-refractivity contribution in [3.05, 3.63) is 41.2 Å². The minimum absolute atomic E-state index is 0.118. The SMILES string of the molecule is COC(=O)C1=CC23CCCCC2[C@H]2CC(c4cccc(C)n4)C(C)(O3)C12. The Morgan fingerprint density at radius 3 is 2.96 bits per heavy atom. The Hall–Kier alpha value is -1.68. The minimum Gasteiger partial charge on any atom is -0.466 e. The Bertz CT molecular complexity index is 802. The molecule has 6 rings (SSSR count). The van der Waals surface area contributed by atoms with Gasteiger partial charge < -0.3 is 9.47 Å². The summed E-state index contributed by atoms with van der Waals surface area (Å²) in [5.74, 6) is 1.19. The molecule has 4 bridgehead atoms. The Morgan fingerprint density at radius 1 is 1.35 bits per heavy atom. The summed E-state index contributed by atoms with van der Waals surface area (Å²) in [5.41, 5.74) is 2.35. The fourth-order valence-electron chi connectivity index (χ4n) is 6.70. The number of aromatic nitrogens is 1. The summed E-state index contributed by atoms with van der Waals surface area (Å²) in [6.45, 7) is 4.26. The Balaban J connectivity index is 1.66. The lowest BCUT2D eigenvalue weighted by Crippen LogP contribution is -2.63. The van der Waals surface area contributed by atoms with Gasteiger partial charge in [-0.3, -0.25) is 4.98 Å². The topological polar surface area (TPSA) is 48.4 Å². The summed E-state index contributed by atoms with van der Waals surface area (Å²) in [7, 11) is 1.49. The summed E-state index contributed by atoms with van der Waals surface area (Å²) in [4.78, 5) is 17.5. The van der Waals surface area contributed by atoms with Crippen LogP contribution in [0, 0.1) is 24.7 Å². The molecule has 4 heteroatoms. The molecule has 0 amide bonds. The predicted octanol–water partition coefficient (Wildman–Crippen LogP) is 3.94. The number of nitrogens with zero attached hydrogens (tertiary/aromatic N) is 1. The highest BCUT2D eigenvalue weighted by Crippen LogP contribution is 2.69. The summed E-state index contributed by atoms with van der Waals surface area (Å²) in [5, 5.41) is 0. The number of rotatable bonds is 2. The molecule has 6 atom stereocenters. The molecule has 26 heavy (non-hydrogen) atoms. The van der Waals surface area contributed by atoms with Crippen molar-refractivity contribution < 1.29 is 14.3 Å². The number of hydrogen-bond acceptors (Lipinski definition) is 4. The van der Waals surface area contributed by atoms with Crippen LogP contribution >= 0.6 is 0 Å². The molecule has 4 nitrogen and oxygen atoms in total. The predicted molar refractivity (Wildman–Crippen MR) is 97.6 cm³/mol. The molecular formula is C22H27NO3. The van der Waals surface area contributed by atoms with E-state index in [-0.39, 0.29) is 29.0 Å². The molecular weight excluding hydrogens is 326 g/mol. The molecule has 3 fully saturated rings. The molecule has 138 valence electrons. The highest BCUT2D eigenvalue weighted by molar-refractivity contribution is 5.90. The van der Waals surface area contributed by atoms with Gasteiger partial charge in [-0.25, -0.2) is 4.79 Å². The largest absolute Gasteiger partial charge is 0.466 e. The second kappa shape index (κ2) is 5.41. The molecule has 2 saturated carbocycles. The van der Waals surface area contributed by atoms with Crippen molar-refractivity contribution in [1.82, 2.24) is 4.98 Å². The second-order valence-electron chi connectivity index (χ2n) is 8.82. The number of esters is 1. The van der Waals surface area contributed by atoms with Crippen LogP contribution in [0.25, 0.3) is 0 Å². The molecule has 0 aromatic carbocycles. The van der Waals surface area contributed by atoms with E-state index in [2.05, 4.69) is 25.1 Å². The fraction of sp³-hybridized carbons (Fsp3) is 0.636. The standard InChI is InChI=1S/C22H27NO3/c1-13-7-6-9-18(23-13)17-11-14-16-8-4-5-10-22(16)12-15(20(24)25-3)19(14)21(17,2)26-22/h6-7,9,12,14,16-17,19H,4-5,8,10-11H2,1-3H3/t14-,16?,17?,19?,21?,22?/m1/s1. The number of pyridine rings is 1. The van der Waals surface area contributed by atoms with Gasteiger partial charge in [-0.1, -0.05) is 18.9 Å². The van der Waals surface area contributed by atoms with E-state index in [9.17, 15) is 4.79 Å². The first kappa shape index (κ1) is 16.5. The lowest BCUT2D eigenvalue weighted by atomic mass is 9.56. The van der Waals surface area contributed by atoms with Gasteiger partial charge in [-0.2, -0.15) is 0 Å². The molecule has 1 saturated heterocycles. The molecule has 0 N–H and O–H groups in total. The van der Waals surface area contributed by atoms with Crippen LogP contribution in [0.4, 0.5) is 0 Å². The van der Waals surface area contributed by atoms with Crippen LogP contribution in [0.2, 0.25) is 0 Å². The first-order chi connectivity index (χ1) is 12.5. The van der Waals surface area contributed by atoms with Crippen molar-refractivity contribution >= 4 is 5.97 Å². The van der Waals surface area contributed by atoms with E-state index < -0.39 is 0 Å². The number of aryl methyl sites for hydroxylation is 1. The maximum atomic E-state index is 12.6.